The van der Waals surface area contributed by atoms with E-state index < -0.39 is 23.1 Å². The number of hydrogen-bond acceptors (Lipinski definition) is 4. The van der Waals surface area contributed by atoms with Gasteiger partial charge in [-0.3, -0.25) is 9.78 Å². The van der Waals surface area contributed by atoms with Gasteiger partial charge in [0.25, 0.3) is 5.56 Å². The average Bonchev–Trinajstić information content (AvgIpc) is 2.67. The molecule has 0 saturated heterocycles. The zero-order valence-corrected chi connectivity index (χ0v) is 8.80. The Kier molecular flexibility index (Phi) is 2.62. The minimum Gasteiger partial charge on any atom is -0.274 e. The molecule has 2 heterocycles. The molecule has 5 nitrogen and oxygen atoms in total. The maximum absolute atomic E-state index is 12.7. The molecule has 90 valence electrons. The van der Waals surface area contributed by atoms with Gasteiger partial charge < -0.3 is 0 Å². The Morgan fingerprint density at radius 3 is 2.59 bits per heavy atom. The lowest BCUT2D eigenvalue weighted by Gasteiger charge is -2.11. The van der Waals surface area contributed by atoms with Gasteiger partial charge in [0, 0.05) is 12.3 Å². The molecular formula is C8H4F3N3O2S. The molecule has 0 saturated carbocycles. The van der Waals surface area contributed by atoms with Gasteiger partial charge in [-0.05, 0) is 17.6 Å². The van der Waals surface area contributed by atoms with Crippen molar-refractivity contribution in [2.24, 2.45) is 0 Å². The van der Waals surface area contributed by atoms with Crippen LogP contribution in [0.5, 0.6) is 0 Å². The van der Waals surface area contributed by atoms with Crippen molar-refractivity contribution in [2.45, 2.75) is 6.18 Å². The molecule has 0 aliphatic carbocycles. The van der Waals surface area contributed by atoms with Gasteiger partial charge in [0.1, 0.15) is 10.7 Å². The van der Waals surface area contributed by atoms with Crippen LogP contribution in [0, 0.1) is 0 Å². The number of nitrogens with zero attached hydrogens (tertiary/aromatic N) is 2. The first-order chi connectivity index (χ1) is 7.89. The van der Waals surface area contributed by atoms with Crippen molar-refractivity contribution in [3.8, 4) is 5.00 Å². The highest BCUT2D eigenvalue weighted by Crippen LogP contribution is 2.29. The number of aromatic amines is 1. The molecule has 2 aromatic rings. The lowest BCUT2D eigenvalue weighted by Crippen LogP contribution is -2.33. The fourth-order valence-corrected chi connectivity index (χ4v) is 1.86. The van der Waals surface area contributed by atoms with Gasteiger partial charge in [-0.2, -0.15) is 17.5 Å². The second-order valence-electron chi connectivity index (χ2n) is 3.01. The van der Waals surface area contributed by atoms with Gasteiger partial charge in [-0.15, -0.1) is 0 Å². The maximum atomic E-state index is 12.7. The summed E-state index contributed by atoms with van der Waals surface area (Å²) in [5.74, 6) is 0. The second kappa shape index (κ2) is 3.84. The zero-order chi connectivity index (χ0) is 12.6. The lowest BCUT2D eigenvalue weighted by atomic mass is 10.4. The fourth-order valence-electron chi connectivity index (χ4n) is 1.25. The standard InChI is InChI=1S/C8H4F3N3O2S/c9-8(10,11)4-3-5(15)13-7(16)14(4)6-1-2-12-17-6/h1-3H,(H,13,15,16). The van der Waals surface area contributed by atoms with E-state index >= 15 is 0 Å². The molecule has 0 radical (unpaired) electrons. The van der Waals surface area contributed by atoms with Gasteiger partial charge in [0.05, 0.1) is 0 Å². The highest BCUT2D eigenvalue weighted by Gasteiger charge is 2.35. The molecule has 0 aromatic carbocycles. The van der Waals surface area contributed by atoms with Crippen molar-refractivity contribution in [2.75, 3.05) is 0 Å². The van der Waals surface area contributed by atoms with E-state index in [-0.39, 0.29) is 5.00 Å². The van der Waals surface area contributed by atoms with Crippen LogP contribution >= 0.6 is 11.5 Å². The van der Waals surface area contributed by atoms with E-state index in [1.807, 2.05) is 0 Å². The lowest BCUT2D eigenvalue weighted by molar-refractivity contribution is -0.143. The van der Waals surface area contributed by atoms with E-state index in [0.717, 1.165) is 11.5 Å². The van der Waals surface area contributed by atoms with Crippen LogP contribution in [0.1, 0.15) is 5.69 Å². The quantitative estimate of drug-likeness (QED) is 0.834. The summed E-state index contributed by atoms with van der Waals surface area (Å²) in [6, 6.07) is 1.58. The summed E-state index contributed by atoms with van der Waals surface area (Å²) in [7, 11) is 0. The first-order valence-corrected chi connectivity index (χ1v) is 5.01. The van der Waals surface area contributed by atoms with E-state index in [9.17, 15) is 22.8 Å². The third kappa shape index (κ3) is 2.13. The molecule has 0 fully saturated rings. The largest absolute Gasteiger partial charge is 0.432 e. The monoisotopic (exact) mass is 263 g/mol. The smallest absolute Gasteiger partial charge is 0.274 e. The molecule has 0 aliphatic heterocycles. The number of rotatable bonds is 1. The first kappa shape index (κ1) is 11.6. The molecule has 0 unspecified atom stereocenters. The van der Waals surface area contributed by atoms with Crippen LogP contribution in [0.15, 0.2) is 27.9 Å². The molecule has 9 heteroatoms. The van der Waals surface area contributed by atoms with Crippen LogP contribution in [-0.4, -0.2) is 13.9 Å². The predicted molar refractivity (Wildman–Crippen MR) is 53.3 cm³/mol. The summed E-state index contributed by atoms with van der Waals surface area (Å²) in [4.78, 5) is 24.1. The van der Waals surface area contributed by atoms with Crippen LogP contribution in [0.3, 0.4) is 0 Å². The maximum Gasteiger partial charge on any atom is 0.432 e. The molecule has 0 aliphatic rings. The van der Waals surface area contributed by atoms with E-state index in [1.165, 1.54) is 12.3 Å². The SMILES string of the molecule is O=c1cc(C(F)(F)F)n(-c2ccns2)c(=O)[nH]1. The second-order valence-corrected chi connectivity index (χ2v) is 3.82. The van der Waals surface area contributed by atoms with Crippen LogP contribution in [-0.2, 0) is 6.18 Å². The molecule has 0 amide bonds. The molecular weight excluding hydrogens is 259 g/mol. The molecule has 1 N–H and O–H groups in total. The highest BCUT2D eigenvalue weighted by atomic mass is 32.1. The normalized spacial score (nSPS) is 11.7. The third-order valence-corrected chi connectivity index (χ3v) is 2.61. The number of hydrogen-bond donors (Lipinski definition) is 1. The molecule has 17 heavy (non-hydrogen) atoms. The van der Waals surface area contributed by atoms with E-state index in [1.54, 1.807) is 4.98 Å². The van der Waals surface area contributed by atoms with Crippen molar-refractivity contribution in [1.82, 2.24) is 13.9 Å². The highest BCUT2D eigenvalue weighted by molar-refractivity contribution is 7.08. The number of H-pyrrole nitrogens is 1. The Balaban J connectivity index is 2.83. The van der Waals surface area contributed by atoms with Crippen LogP contribution < -0.4 is 11.2 Å². The Morgan fingerprint density at radius 2 is 2.06 bits per heavy atom. The minimum atomic E-state index is -4.79. The summed E-state index contributed by atoms with van der Waals surface area (Å²) in [5.41, 5.74) is -3.56. The topological polar surface area (TPSA) is 67.8 Å². The van der Waals surface area contributed by atoms with Gasteiger partial charge >= 0.3 is 11.9 Å². The van der Waals surface area contributed by atoms with E-state index in [0.29, 0.717) is 10.6 Å². The van der Waals surface area contributed by atoms with Crippen LogP contribution in [0.25, 0.3) is 5.00 Å². The molecule has 0 bridgehead atoms. The molecule has 0 atom stereocenters. The Labute approximate surface area is 95.3 Å². The Morgan fingerprint density at radius 1 is 1.35 bits per heavy atom. The van der Waals surface area contributed by atoms with Gasteiger partial charge in [-0.1, -0.05) is 0 Å². The average molecular weight is 263 g/mol. The summed E-state index contributed by atoms with van der Waals surface area (Å²) >= 11 is 0.717. The van der Waals surface area contributed by atoms with Crippen molar-refractivity contribution in [3.63, 3.8) is 0 Å². The molecule has 2 aromatic heterocycles. The predicted octanol–water partition coefficient (Wildman–Crippen LogP) is 1.00. The number of nitrogens with one attached hydrogen (secondary N) is 1. The molecule has 0 spiro atoms. The van der Waals surface area contributed by atoms with Crippen molar-refractivity contribution in [1.29, 1.82) is 0 Å². The summed E-state index contributed by atoms with van der Waals surface area (Å²) in [5, 5.41) is -0.0152. The first-order valence-electron chi connectivity index (χ1n) is 4.24. The molecule has 2 rings (SSSR count). The summed E-state index contributed by atoms with van der Waals surface area (Å²) in [6.07, 6.45) is -3.53. The summed E-state index contributed by atoms with van der Waals surface area (Å²) < 4.78 is 42.0. The number of alkyl halides is 3. The summed E-state index contributed by atoms with van der Waals surface area (Å²) in [6.45, 7) is 0. The fraction of sp³-hybridized carbons (Fsp3) is 0.125. The Bertz CT molecular complexity index is 641. The van der Waals surface area contributed by atoms with Gasteiger partial charge in [0.2, 0.25) is 0 Å². The Hall–Kier alpha value is -1.90. The number of halogens is 3. The van der Waals surface area contributed by atoms with Crippen LogP contribution in [0.4, 0.5) is 13.2 Å². The van der Waals surface area contributed by atoms with Gasteiger partial charge in [0.15, 0.2) is 0 Å². The number of aromatic nitrogens is 3. The van der Waals surface area contributed by atoms with Crippen molar-refractivity contribution >= 4 is 11.5 Å². The van der Waals surface area contributed by atoms with Crippen molar-refractivity contribution in [3.05, 3.63) is 44.9 Å². The minimum absolute atomic E-state index is 0.0152. The van der Waals surface area contributed by atoms with Gasteiger partial charge in [-0.25, -0.2) is 9.36 Å². The van der Waals surface area contributed by atoms with Crippen LogP contribution in [0.2, 0.25) is 0 Å². The van der Waals surface area contributed by atoms with Crippen molar-refractivity contribution < 1.29 is 13.2 Å². The third-order valence-electron chi connectivity index (χ3n) is 1.88. The zero-order valence-electron chi connectivity index (χ0n) is 7.99. The van der Waals surface area contributed by atoms with E-state index in [2.05, 4.69) is 4.37 Å². The van der Waals surface area contributed by atoms with E-state index in [4.69, 9.17) is 0 Å².